The lowest BCUT2D eigenvalue weighted by Crippen LogP contribution is -2.23. The van der Waals surface area contributed by atoms with Crippen molar-refractivity contribution in [3.8, 4) is 11.6 Å². The second-order valence-corrected chi connectivity index (χ2v) is 6.78. The molecule has 0 amide bonds. The van der Waals surface area contributed by atoms with Gasteiger partial charge in [-0.15, -0.1) is 0 Å². The zero-order valence-electron chi connectivity index (χ0n) is 16.3. The predicted octanol–water partition coefficient (Wildman–Crippen LogP) is 5.22. The Bertz CT molecular complexity index is 735. The fourth-order valence-electron chi connectivity index (χ4n) is 2.69. The minimum atomic E-state index is 0.169. The number of aromatic nitrogens is 1. The van der Waals surface area contributed by atoms with Gasteiger partial charge in [0.05, 0.1) is 6.04 Å². The standard InChI is InChI=1S/C21H29N3O2/c1-6-18(7-2)23-21(24-25)16-8-9-20(22-13-16)26-19-11-15(5)10-17(12-19)14(3)4/h8-14,18,25H,6-7H2,1-5H3,(H,23,24). The van der Waals surface area contributed by atoms with Crippen LogP contribution < -0.4 is 10.2 Å². The molecule has 0 bridgehead atoms. The summed E-state index contributed by atoms with van der Waals surface area (Å²) in [4.78, 5) is 8.88. The number of hydrogen-bond acceptors (Lipinski definition) is 4. The van der Waals surface area contributed by atoms with Gasteiger partial charge in [0, 0.05) is 17.8 Å². The van der Waals surface area contributed by atoms with E-state index in [1.807, 2.05) is 18.2 Å². The highest BCUT2D eigenvalue weighted by atomic mass is 16.5. The monoisotopic (exact) mass is 355 g/mol. The highest BCUT2D eigenvalue weighted by Gasteiger charge is 2.09. The summed E-state index contributed by atoms with van der Waals surface area (Å²) in [5.41, 5.74) is 5.30. The summed E-state index contributed by atoms with van der Waals surface area (Å²) in [5.74, 6) is 2.15. The quantitative estimate of drug-likeness (QED) is 0.406. The van der Waals surface area contributed by atoms with Gasteiger partial charge < -0.3 is 4.74 Å². The van der Waals surface area contributed by atoms with Crippen molar-refractivity contribution in [3.05, 3.63) is 53.2 Å². The summed E-state index contributed by atoms with van der Waals surface area (Å²) in [7, 11) is 0. The average molecular weight is 355 g/mol. The first-order chi connectivity index (χ1) is 12.5. The van der Waals surface area contributed by atoms with Crippen molar-refractivity contribution in [2.24, 2.45) is 4.99 Å². The van der Waals surface area contributed by atoms with Gasteiger partial charge in [-0.3, -0.25) is 15.7 Å². The molecule has 0 fully saturated rings. The van der Waals surface area contributed by atoms with Crippen LogP contribution in [0.4, 0.5) is 0 Å². The normalized spacial score (nSPS) is 11.9. The number of aliphatic imine (C=N–C) groups is 1. The first-order valence-corrected chi connectivity index (χ1v) is 9.20. The van der Waals surface area contributed by atoms with Crippen LogP contribution in [0, 0.1) is 6.92 Å². The largest absolute Gasteiger partial charge is 0.439 e. The van der Waals surface area contributed by atoms with E-state index in [4.69, 9.17) is 4.74 Å². The third-order valence-corrected chi connectivity index (χ3v) is 4.33. The molecule has 1 aromatic heterocycles. The molecule has 140 valence electrons. The number of hydrogen-bond donors (Lipinski definition) is 2. The Balaban J connectivity index is 2.19. The molecule has 2 aromatic rings. The van der Waals surface area contributed by atoms with Crippen LogP contribution in [0.5, 0.6) is 11.6 Å². The summed E-state index contributed by atoms with van der Waals surface area (Å²) < 4.78 is 5.91. The fraction of sp³-hybridized carbons (Fsp3) is 0.429. The van der Waals surface area contributed by atoms with Crippen molar-refractivity contribution in [1.29, 1.82) is 0 Å². The molecule has 1 heterocycles. The van der Waals surface area contributed by atoms with E-state index in [9.17, 15) is 5.21 Å². The van der Waals surface area contributed by atoms with Crippen LogP contribution in [-0.4, -0.2) is 22.1 Å². The summed E-state index contributed by atoms with van der Waals surface area (Å²) in [6.45, 7) is 10.5. The van der Waals surface area contributed by atoms with Gasteiger partial charge in [-0.05, 0) is 55.0 Å². The van der Waals surface area contributed by atoms with Crippen molar-refractivity contribution in [2.75, 3.05) is 0 Å². The van der Waals surface area contributed by atoms with Crippen LogP contribution in [0.3, 0.4) is 0 Å². The Kier molecular flexibility index (Phi) is 7.16. The highest BCUT2D eigenvalue weighted by Crippen LogP contribution is 2.26. The van der Waals surface area contributed by atoms with Gasteiger partial charge in [0.15, 0.2) is 5.84 Å². The van der Waals surface area contributed by atoms with Crippen LogP contribution in [0.25, 0.3) is 0 Å². The molecule has 2 N–H and O–H groups in total. The smallest absolute Gasteiger partial charge is 0.219 e. The van der Waals surface area contributed by atoms with E-state index in [2.05, 4.69) is 56.1 Å². The number of nitrogens with zero attached hydrogens (tertiary/aromatic N) is 2. The zero-order valence-corrected chi connectivity index (χ0v) is 16.3. The molecule has 0 unspecified atom stereocenters. The van der Waals surface area contributed by atoms with Crippen LogP contribution in [-0.2, 0) is 0 Å². The molecule has 0 radical (unpaired) electrons. The van der Waals surface area contributed by atoms with Crippen molar-refractivity contribution < 1.29 is 9.94 Å². The van der Waals surface area contributed by atoms with E-state index < -0.39 is 0 Å². The maximum atomic E-state index is 9.40. The van der Waals surface area contributed by atoms with Crippen molar-refractivity contribution >= 4 is 5.84 Å². The van der Waals surface area contributed by atoms with Gasteiger partial charge in [0.2, 0.25) is 5.88 Å². The number of rotatable bonds is 7. The lowest BCUT2D eigenvalue weighted by Gasteiger charge is -2.12. The van der Waals surface area contributed by atoms with Gasteiger partial charge in [0.1, 0.15) is 5.75 Å². The van der Waals surface area contributed by atoms with E-state index in [-0.39, 0.29) is 6.04 Å². The topological polar surface area (TPSA) is 66.7 Å². The third kappa shape index (κ3) is 5.30. The molecule has 0 saturated heterocycles. The van der Waals surface area contributed by atoms with E-state index in [0.717, 1.165) is 29.7 Å². The lowest BCUT2D eigenvalue weighted by molar-refractivity contribution is 0.234. The van der Waals surface area contributed by atoms with Crippen molar-refractivity contribution in [3.63, 3.8) is 0 Å². The third-order valence-electron chi connectivity index (χ3n) is 4.33. The Morgan fingerprint density at radius 1 is 1.19 bits per heavy atom. The van der Waals surface area contributed by atoms with Crippen LogP contribution in [0.1, 0.15) is 63.1 Å². The van der Waals surface area contributed by atoms with Crippen LogP contribution in [0.15, 0.2) is 41.5 Å². The second-order valence-electron chi connectivity index (χ2n) is 6.78. The minimum Gasteiger partial charge on any atom is -0.439 e. The van der Waals surface area contributed by atoms with Gasteiger partial charge in [-0.25, -0.2) is 4.98 Å². The molecule has 26 heavy (non-hydrogen) atoms. The lowest BCUT2D eigenvalue weighted by atomic mass is 10.0. The molecular weight excluding hydrogens is 326 g/mol. The van der Waals surface area contributed by atoms with Crippen molar-refractivity contribution in [2.45, 2.75) is 59.4 Å². The zero-order chi connectivity index (χ0) is 19.1. The number of nitrogens with one attached hydrogen (secondary N) is 1. The summed E-state index contributed by atoms with van der Waals surface area (Å²) in [6, 6.07) is 10.0. The van der Waals surface area contributed by atoms with Gasteiger partial charge in [-0.2, -0.15) is 0 Å². The predicted molar refractivity (Wildman–Crippen MR) is 105 cm³/mol. The molecule has 1 aromatic carbocycles. The van der Waals surface area contributed by atoms with E-state index in [0.29, 0.717) is 17.6 Å². The van der Waals surface area contributed by atoms with E-state index >= 15 is 0 Å². The van der Waals surface area contributed by atoms with Gasteiger partial charge in [-0.1, -0.05) is 33.8 Å². The number of amidine groups is 1. The SMILES string of the molecule is CCC(CC)N=C(NO)c1ccc(Oc2cc(C)cc(C(C)C)c2)nc1. The average Bonchev–Trinajstić information content (AvgIpc) is 2.63. The van der Waals surface area contributed by atoms with E-state index in [1.165, 1.54) is 5.56 Å². The first-order valence-electron chi connectivity index (χ1n) is 9.20. The van der Waals surface area contributed by atoms with E-state index in [1.54, 1.807) is 12.3 Å². The molecule has 0 saturated carbocycles. The first kappa shape index (κ1) is 19.9. The highest BCUT2D eigenvalue weighted by molar-refractivity contribution is 5.97. The molecule has 0 aliphatic carbocycles. The summed E-state index contributed by atoms with van der Waals surface area (Å²) >= 11 is 0. The summed E-state index contributed by atoms with van der Waals surface area (Å²) in [6.07, 6.45) is 3.49. The van der Waals surface area contributed by atoms with Crippen LogP contribution in [0.2, 0.25) is 0 Å². The molecule has 2 rings (SSSR count). The molecule has 0 aliphatic rings. The maximum Gasteiger partial charge on any atom is 0.219 e. The number of aryl methyl sites for hydroxylation is 1. The molecule has 0 atom stereocenters. The minimum absolute atomic E-state index is 0.169. The number of benzene rings is 1. The molecular formula is C21H29N3O2. The molecule has 0 aliphatic heterocycles. The Morgan fingerprint density at radius 3 is 2.46 bits per heavy atom. The van der Waals surface area contributed by atoms with Crippen molar-refractivity contribution in [1.82, 2.24) is 10.5 Å². The fourth-order valence-corrected chi connectivity index (χ4v) is 2.69. The van der Waals surface area contributed by atoms with Crippen LogP contribution >= 0.6 is 0 Å². The maximum absolute atomic E-state index is 9.40. The molecule has 5 heteroatoms. The summed E-state index contributed by atoms with van der Waals surface area (Å²) in [5, 5.41) is 9.40. The molecule has 0 spiro atoms. The Labute approximate surface area is 156 Å². The van der Waals surface area contributed by atoms with Gasteiger partial charge in [0.25, 0.3) is 0 Å². The number of hydroxylamine groups is 1. The number of ether oxygens (including phenoxy) is 1. The number of pyridine rings is 1. The Hall–Kier alpha value is -2.40. The molecule has 5 nitrogen and oxygen atoms in total. The Morgan fingerprint density at radius 2 is 1.92 bits per heavy atom. The second kappa shape index (κ2) is 9.34. The van der Waals surface area contributed by atoms with Gasteiger partial charge >= 0.3 is 0 Å².